The number of amides is 1. The molecule has 1 fully saturated rings. The quantitative estimate of drug-likeness (QED) is 0.593. The number of nitrogens with zero attached hydrogens (tertiary/aromatic N) is 2. The molecule has 0 aliphatic heterocycles. The number of nitrogens with one attached hydrogen (secondary N) is 1. The van der Waals surface area contributed by atoms with Crippen LogP contribution in [0.1, 0.15) is 37.3 Å². The molecule has 0 unspecified atom stereocenters. The number of carbonyl (C=O) groups excluding carboxylic acids is 1. The number of phenols is 1. The van der Waals surface area contributed by atoms with E-state index in [4.69, 9.17) is 0 Å². The summed E-state index contributed by atoms with van der Waals surface area (Å²) in [5.41, 5.74) is 5.33. The van der Waals surface area contributed by atoms with Crippen LogP contribution in [0.15, 0.2) is 53.6 Å². The van der Waals surface area contributed by atoms with Gasteiger partial charge in [0.2, 0.25) is 5.91 Å². The molecule has 1 saturated carbocycles. The van der Waals surface area contributed by atoms with Crippen LogP contribution < -0.4 is 10.3 Å². The molecule has 1 aliphatic carbocycles. The van der Waals surface area contributed by atoms with E-state index in [0.29, 0.717) is 5.56 Å². The lowest BCUT2D eigenvalue weighted by Crippen LogP contribution is -2.21. The number of hydrogen-bond donors (Lipinski definition) is 2. The molecule has 0 saturated heterocycles. The fourth-order valence-electron chi connectivity index (χ4n) is 3.23. The highest BCUT2D eigenvalue weighted by Gasteiger charge is 2.43. The molecule has 2 atom stereocenters. The molecule has 3 rings (SSSR count). The van der Waals surface area contributed by atoms with Crippen LogP contribution in [0.4, 0.5) is 5.69 Å². The summed E-state index contributed by atoms with van der Waals surface area (Å²) in [6, 6.07) is 15.5. The lowest BCUT2D eigenvalue weighted by atomic mass is 10.1. The van der Waals surface area contributed by atoms with Crippen LogP contribution in [0.2, 0.25) is 0 Å². The van der Waals surface area contributed by atoms with Crippen molar-refractivity contribution in [2.75, 3.05) is 18.0 Å². The van der Waals surface area contributed by atoms with Crippen molar-refractivity contribution in [3.63, 3.8) is 0 Å². The highest BCUT2D eigenvalue weighted by atomic mass is 16.3. The first-order chi connectivity index (χ1) is 12.6. The lowest BCUT2D eigenvalue weighted by Gasteiger charge is -2.21. The molecular formula is C21H25N3O2. The van der Waals surface area contributed by atoms with Gasteiger partial charge in [0, 0.05) is 36.3 Å². The SMILES string of the molecule is CCN(CC)c1ccc(/C=N\NC(=O)[C@H]2C[C@@H]2c2ccccc2)c(O)c1. The minimum atomic E-state index is -0.0747. The Morgan fingerprint density at radius 1 is 1.23 bits per heavy atom. The van der Waals surface area contributed by atoms with Gasteiger partial charge in [-0.15, -0.1) is 0 Å². The highest BCUT2D eigenvalue weighted by molar-refractivity contribution is 5.87. The maximum absolute atomic E-state index is 12.2. The molecule has 0 heterocycles. The van der Waals surface area contributed by atoms with E-state index in [0.717, 1.165) is 25.2 Å². The van der Waals surface area contributed by atoms with Crippen LogP contribution in [0.3, 0.4) is 0 Å². The van der Waals surface area contributed by atoms with Gasteiger partial charge in [-0.2, -0.15) is 5.10 Å². The molecular weight excluding hydrogens is 326 g/mol. The number of rotatable bonds is 7. The van der Waals surface area contributed by atoms with Crippen molar-refractivity contribution >= 4 is 17.8 Å². The smallest absolute Gasteiger partial charge is 0.243 e. The number of anilines is 1. The van der Waals surface area contributed by atoms with Gasteiger partial charge >= 0.3 is 0 Å². The Morgan fingerprint density at radius 2 is 1.96 bits per heavy atom. The molecule has 5 heteroatoms. The van der Waals surface area contributed by atoms with E-state index in [1.807, 2.05) is 30.3 Å². The fraction of sp³-hybridized carbons (Fsp3) is 0.333. The Bertz CT molecular complexity index is 785. The minimum absolute atomic E-state index is 0.0202. The Kier molecular flexibility index (Phi) is 5.56. The standard InChI is InChI=1S/C21H25N3O2/c1-3-24(4-2)17-11-10-16(20(25)12-17)14-22-23-21(26)19-13-18(19)15-8-6-5-7-9-15/h5-12,14,18-19,25H,3-4,13H2,1-2H3,(H,23,26)/b22-14-/t18-,19+/m1/s1. The Hall–Kier alpha value is -2.82. The van der Waals surface area contributed by atoms with Gasteiger partial charge in [-0.05, 0) is 43.9 Å². The van der Waals surface area contributed by atoms with E-state index < -0.39 is 0 Å². The van der Waals surface area contributed by atoms with Crippen LogP contribution in [0.25, 0.3) is 0 Å². The monoisotopic (exact) mass is 351 g/mol. The van der Waals surface area contributed by atoms with Gasteiger partial charge in [0.1, 0.15) is 5.75 Å². The third-order valence-corrected chi connectivity index (χ3v) is 4.88. The van der Waals surface area contributed by atoms with Crippen molar-refractivity contribution in [3.05, 3.63) is 59.7 Å². The predicted octanol–water partition coefficient (Wildman–Crippen LogP) is 3.49. The van der Waals surface area contributed by atoms with Crippen molar-refractivity contribution in [1.82, 2.24) is 5.43 Å². The zero-order valence-corrected chi connectivity index (χ0v) is 15.2. The molecule has 1 aliphatic rings. The molecule has 0 bridgehead atoms. The number of hydrogen-bond acceptors (Lipinski definition) is 4. The van der Waals surface area contributed by atoms with Crippen LogP contribution in [0, 0.1) is 5.92 Å². The van der Waals surface area contributed by atoms with Crippen LogP contribution in [-0.4, -0.2) is 30.3 Å². The number of hydrazone groups is 1. The summed E-state index contributed by atoms with van der Waals surface area (Å²) < 4.78 is 0. The van der Waals surface area contributed by atoms with Crippen LogP contribution in [-0.2, 0) is 4.79 Å². The molecule has 136 valence electrons. The first-order valence-corrected chi connectivity index (χ1v) is 9.09. The maximum atomic E-state index is 12.2. The van der Waals surface area contributed by atoms with Gasteiger partial charge in [0.25, 0.3) is 0 Å². The van der Waals surface area contributed by atoms with E-state index in [9.17, 15) is 9.90 Å². The third-order valence-electron chi connectivity index (χ3n) is 4.88. The first kappa shape index (κ1) is 18.0. The van der Waals surface area contributed by atoms with Gasteiger partial charge in [-0.1, -0.05) is 30.3 Å². The molecule has 1 amide bonds. The lowest BCUT2D eigenvalue weighted by molar-refractivity contribution is -0.122. The Labute approximate surface area is 154 Å². The Balaban J connectivity index is 1.56. The minimum Gasteiger partial charge on any atom is -0.507 e. The summed E-state index contributed by atoms with van der Waals surface area (Å²) >= 11 is 0. The van der Waals surface area contributed by atoms with Crippen molar-refractivity contribution in [2.45, 2.75) is 26.2 Å². The van der Waals surface area contributed by atoms with E-state index in [1.165, 1.54) is 11.8 Å². The molecule has 2 N–H and O–H groups in total. The first-order valence-electron chi connectivity index (χ1n) is 9.09. The third kappa shape index (κ3) is 4.04. The van der Waals surface area contributed by atoms with Crippen molar-refractivity contribution in [1.29, 1.82) is 0 Å². The molecule has 5 nitrogen and oxygen atoms in total. The average molecular weight is 351 g/mol. The second-order valence-corrected chi connectivity index (χ2v) is 6.51. The van der Waals surface area contributed by atoms with E-state index in [2.05, 4.69) is 41.4 Å². The second kappa shape index (κ2) is 8.04. The van der Waals surface area contributed by atoms with E-state index >= 15 is 0 Å². The van der Waals surface area contributed by atoms with Gasteiger partial charge in [0.05, 0.1) is 6.21 Å². The van der Waals surface area contributed by atoms with E-state index in [1.54, 1.807) is 6.07 Å². The normalized spacial score (nSPS) is 18.7. The summed E-state index contributed by atoms with van der Waals surface area (Å²) in [6.07, 6.45) is 2.34. The summed E-state index contributed by atoms with van der Waals surface area (Å²) in [6.45, 7) is 5.91. The summed E-state index contributed by atoms with van der Waals surface area (Å²) in [5, 5.41) is 14.2. The van der Waals surface area contributed by atoms with Crippen molar-refractivity contribution in [2.24, 2.45) is 11.0 Å². The van der Waals surface area contributed by atoms with Crippen molar-refractivity contribution in [3.8, 4) is 5.75 Å². The van der Waals surface area contributed by atoms with Crippen LogP contribution >= 0.6 is 0 Å². The van der Waals surface area contributed by atoms with Gasteiger partial charge < -0.3 is 10.0 Å². The molecule has 2 aromatic carbocycles. The molecule has 26 heavy (non-hydrogen) atoms. The maximum Gasteiger partial charge on any atom is 0.243 e. The molecule has 0 spiro atoms. The van der Waals surface area contributed by atoms with Gasteiger partial charge in [-0.3, -0.25) is 4.79 Å². The zero-order chi connectivity index (χ0) is 18.5. The summed E-state index contributed by atoms with van der Waals surface area (Å²) in [4.78, 5) is 14.3. The number of aromatic hydroxyl groups is 1. The average Bonchev–Trinajstić information content (AvgIpc) is 3.46. The zero-order valence-electron chi connectivity index (χ0n) is 15.2. The van der Waals surface area contributed by atoms with Crippen LogP contribution in [0.5, 0.6) is 5.75 Å². The van der Waals surface area contributed by atoms with Crippen molar-refractivity contribution < 1.29 is 9.90 Å². The topological polar surface area (TPSA) is 64.9 Å². The molecule has 2 aromatic rings. The number of carbonyl (C=O) groups is 1. The number of phenolic OH excluding ortho intramolecular Hbond substituents is 1. The highest BCUT2D eigenvalue weighted by Crippen LogP contribution is 2.47. The largest absolute Gasteiger partial charge is 0.507 e. The predicted molar refractivity (Wildman–Crippen MR) is 105 cm³/mol. The van der Waals surface area contributed by atoms with Gasteiger partial charge in [0.15, 0.2) is 0 Å². The summed E-state index contributed by atoms with van der Waals surface area (Å²) in [5.74, 6) is 0.344. The van der Waals surface area contributed by atoms with Gasteiger partial charge in [-0.25, -0.2) is 5.43 Å². The summed E-state index contributed by atoms with van der Waals surface area (Å²) in [7, 11) is 0. The Morgan fingerprint density at radius 3 is 2.62 bits per heavy atom. The molecule has 0 aromatic heterocycles. The van der Waals surface area contributed by atoms with E-state index in [-0.39, 0.29) is 23.5 Å². The number of benzene rings is 2. The second-order valence-electron chi connectivity index (χ2n) is 6.51. The molecule has 0 radical (unpaired) electrons. The fourth-order valence-corrected chi connectivity index (χ4v) is 3.23.